The maximum absolute atomic E-state index is 9.48. The normalized spacial score (nSPS) is 14.3. The Morgan fingerprint density at radius 1 is 1.05 bits per heavy atom. The first-order valence-corrected chi connectivity index (χ1v) is 12.6. The number of hydrogen-bond donors (Lipinski definition) is 1. The van der Waals surface area contributed by atoms with E-state index in [0.717, 1.165) is 56.2 Å². The van der Waals surface area contributed by atoms with Crippen LogP contribution in [0.25, 0.3) is 34.3 Å². The Balaban J connectivity index is 0.00000353. The quantitative estimate of drug-likeness (QED) is 0.364. The first-order valence-electron chi connectivity index (χ1n) is 12.6. The molecule has 1 aromatic carbocycles. The molecule has 0 saturated carbocycles. The Hall–Kier alpha value is -4.20. The van der Waals surface area contributed by atoms with Crippen molar-refractivity contribution in [3.8, 4) is 40.4 Å². The number of nitriles is 1. The summed E-state index contributed by atoms with van der Waals surface area (Å²) in [6.45, 7) is 10.9. The third kappa shape index (κ3) is 5.69. The highest BCUT2D eigenvalue weighted by Gasteiger charge is 2.22. The summed E-state index contributed by atoms with van der Waals surface area (Å²) in [5, 5.41) is 21.4. The van der Waals surface area contributed by atoms with Gasteiger partial charge in [0.15, 0.2) is 0 Å². The van der Waals surface area contributed by atoms with Gasteiger partial charge in [0, 0.05) is 50.6 Å². The largest absolute Gasteiger partial charge is 0.415 e. The molecule has 0 aliphatic carbocycles. The Morgan fingerprint density at radius 3 is 2.58 bits per heavy atom. The van der Waals surface area contributed by atoms with Crippen molar-refractivity contribution in [2.75, 3.05) is 44.7 Å². The monoisotopic (exact) mass is 512 g/mol. The lowest BCUT2D eigenvalue weighted by molar-refractivity contribution is 0.0398. The van der Waals surface area contributed by atoms with Gasteiger partial charge < -0.3 is 14.5 Å². The summed E-state index contributed by atoms with van der Waals surface area (Å²) >= 11 is 0. The van der Waals surface area contributed by atoms with Crippen molar-refractivity contribution < 1.29 is 10.6 Å². The van der Waals surface area contributed by atoms with Crippen molar-refractivity contribution in [1.82, 2.24) is 30.0 Å². The van der Waals surface area contributed by atoms with Crippen LogP contribution in [0.4, 0.5) is 5.69 Å². The lowest BCUT2D eigenvalue weighted by Gasteiger charge is -2.26. The van der Waals surface area contributed by atoms with Crippen LogP contribution in [0, 0.1) is 18.3 Å². The average Bonchev–Trinajstić information content (AvgIpc) is 3.44. The number of benzene rings is 1. The molecule has 1 saturated heterocycles. The van der Waals surface area contributed by atoms with Crippen LogP contribution in [0.2, 0.25) is 0 Å². The van der Waals surface area contributed by atoms with E-state index in [1.165, 1.54) is 0 Å². The minimum atomic E-state index is -0.716. The lowest BCUT2D eigenvalue weighted by Crippen LogP contribution is -2.38. The number of aromatic nitrogens is 5. The molecule has 0 bridgehead atoms. The Labute approximate surface area is 223 Å². The smallest absolute Gasteiger partial charge is 0.268 e. The zero-order chi connectivity index (χ0) is 26.5. The number of nitrogens with one attached hydrogen (secondary N) is 1. The number of morpholine rings is 1. The van der Waals surface area contributed by atoms with Crippen LogP contribution < -0.4 is 5.32 Å². The molecule has 0 radical (unpaired) electrons. The lowest BCUT2D eigenvalue weighted by atomic mass is 9.90. The van der Waals surface area contributed by atoms with Gasteiger partial charge in [-0.2, -0.15) is 5.26 Å². The molecule has 0 amide bonds. The standard InChI is InChI=1S/C28H30N8O2.H2/c1-19-25(33-23(17-32-19)21-8-9-31-24(16-21)28(2,3)18-29)27-35-34-26(38-27)20-4-6-22(7-5-20)30-10-11-36-12-14-37-15-13-36;/h4-9,16-17,30H,10-15H2,1-3H3;1H. The molecule has 4 aromatic rings. The zero-order valence-electron chi connectivity index (χ0n) is 21.8. The molecule has 4 heterocycles. The molecule has 1 fully saturated rings. The van der Waals surface area contributed by atoms with Gasteiger partial charge >= 0.3 is 0 Å². The van der Waals surface area contributed by atoms with Crippen molar-refractivity contribution in [3.05, 3.63) is 60.2 Å². The van der Waals surface area contributed by atoms with Gasteiger partial charge in [-0.25, -0.2) is 4.98 Å². The SMILES string of the molecule is Cc1ncc(-c2ccnc(C(C)(C)C#N)c2)nc1-c1nnc(-c2ccc(NCCN3CCOCC3)cc2)o1.[HH]. The predicted molar refractivity (Wildman–Crippen MR) is 145 cm³/mol. The van der Waals surface area contributed by atoms with E-state index in [9.17, 15) is 5.26 Å². The molecule has 1 aliphatic heterocycles. The molecule has 0 unspecified atom stereocenters. The van der Waals surface area contributed by atoms with E-state index in [1.54, 1.807) is 12.4 Å². The third-order valence-corrected chi connectivity index (χ3v) is 6.55. The zero-order valence-corrected chi connectivity index (χ0v) is 21.8. The second-order valence-corrected chi connectivity index (χ2v) is 9.73. The molecule has 0 spiro atoms. The Kier molecular flexibility index (Phi) is 7.40. The maximum Gasteiger partial charge on any atom is 0.268 e. The van der Waals surface area contributed by atoms with Gasteiger partial charge in [-0.3, -0.25) is 14.9 Å². The van der Waals surface area contributed by atoms with Gasteiger partial charge in [-0.05, 0) is 57.2 Å². The van der Waals surface area contributed by atoms with Gasteiger partial charge in [0.05, 0.1) is 48.0 Å². The summed E-state index contributed by atoms with van der Waals surface area (Å²) in [4.78, 5) is 16.0. The van der Waals surface area contributed by atoms with Crippen LogP contribution in [0.15, 0.2) is 53.2 Å². The van der Waals surface area contributed by atoms with E-state index >= 15 is 0 Å². The van der Waals surface area contributed by atoms with Gasteiger partial charge in [-0.15, -0.1) is 10.2 Å². The van der Waals surface area contributed by atoms with Gasteiger partial charge in [0.1, 0.15) is 5.69 Å². The fourth-order valence-electron chi connectivity index (χ4n) is 4.13. The van der Waals surface area contributed by atoms with E-state index in [2.05, 4.69) is 36.5 Å². The van der Waals surface area contributed by atoms with Crippen molar-refractivity contribution >= 4 is 5.69 Å². The third-order valence-electron chi connectivity index (χ3n) is 6.55. The second-order valence-electron chi connectivity index (χ2n) is 9.73. The number of rotatable bonds is 8. The molecule has 1 aliphatic rings. The van der Waals surface area contributed by atoms with E-state index in [0.29, 0.717) is 34.6 Å². The minimum absolute atomic E-state index is 0. The number of hydrogen-bond acceptors (Lipinski definition) is 10. The Morgan fingerprint density at radius 2 is 1.82 bits per heavy atom. The summed E-state index contributed by atoms with van der Waals surface area (Å²) in [7, 11) is 0. The highest BCUT2D eigenvalue weighted by molar-refractivity contribution is 5.64. The van der Waals surface area contributed by atoms with Crippen LogP contribution in [0.1, 0.15) is 26.7 Å². The first kappa shape index (κ1) is 25.4. The summed E-state index contributed by atoms with van der Waals surface area (Å²) in [6.07, 6.45) is 3.37. The number of nitrogens with zero attached hydrogens (tertiary/aromatic N) is 7. The average molecular weight is 513 g/mol. The van der Waals surface area contributed by atoms with Crippen molar-refractivity contribution in [1.29, 1.82) is 5.26 Å². The summed E-state index contributed by atoms with van der Waals surface area (Å²) < 4.78 is 11.4. The topological polar surface area (TPSA) is 126 Å². The highest BCUT2D eigenvalue weighted by atomic mass is 16.5. The summed E-state index contributed by atoms with van der Waals surface area (Å²) in [5.41, 5.74) is 4.44. The van der Waals surface area contributed by atoms with E-state index in [4.69, 9.17) is 14.1 Å². The molecule has 3 aromatic heterocycles. The van der Waals surface area contributed by atoms with Gasteiger partial charge in [-0.1, -0.05) is 0 Å². The number of pyridine rings is 1. The molecular formula is C28H32N8O2. The maximum atomic E-state index is 9.48. The van der Waals surface area contributed by atoms with E-state index in [-0.39, 0.29) is 1.43 Å². The molecule has 0 atom stereocenters. The molecule has 10 heteroatoms. The van der Waals surface area contributed by atoms with Crippen LogP contribution in [0.3, 0.4) is 0 Å². The van der Waals surface area contributed by atoms with Crippen molar-refractivity contribution in [2.24, 2.45) is 0 Å². The highest BCUT2D eigenvalue weighted by Crippen LogP contribution is 2.29. The Bertz CT molecular complexity index is 1440. The molecule has 10 nitrogen and oxygen atoms in total. The molecular weight excluding hydrogens is 480 g/mol. The minimum Gasteiger partial charge on any atom is -0.415 e. The van der Waals surface area contributed by atoms with Crippen LogP contribution in [-0.4, -0.2) is 69.4 Å². The van der Waals surface area contributed by atoms with Crippen LogP contribution in [0.5, 0.6) is 0 Å². The number of ether oxygens (including phenoxy) is 1. The molecule has 5 rings (SSSR count). The fourth-order valence-corrected chi connectivity index (χ4v) is 4.13. The summed E-state index contributed by atoms with van der Waals surface area (Å²) in [6, 6.07) is 13.9. The molecule has 196 valence electrons. The predicted octanol–water partition coefficient (Wildman–Crippen LogP) is 4.36. The second kappa shape index (κ2) is 11.0. The number of aryl methyl sites for hydroxylation is 1. The molecule has 38 heavy (non-hydrogen) atoms. The van der Waals surface area contributed by atoms with E-state index in [1.807, 2.05) is 57.2 Å². The number of anilines is 1. The summed E-state index contributed by atoms with van der Waals surface area (Å²) in [5.74, 6) is 0.708. The fraction of sp³-hybridized carbons (Fsp3) is 0.357. The van der Waals surface area contributed by atoms with Crippen LogP contribution >= 0.6 is 0 Å². The van der Waals surface area contributed by atoms with Gasteiger partial charge in [0.25, 0.3) is 5.89 Å². The first-order chi connectivity index (χ1) is 18.4. The molecule has 1 N–H and O–H groups in total. The van der Waals surface area contributed by atoms with Gasteiger partial charge in [0.2, 0.25) is 5.89 Å². The van der Waals surface area contributed by atoms with E-state index < -0.39 is 5.41 Å². The van der Waals surface area contributed by atoms with Crippen LogP contribution in [-0.2, 0) is 10.2 Å². The van der Waals surface area contributed by atoms with Crippen molar-refractivity contribution in [2.45, 2.75) is 26.2 Å². The van der Waals surface area contributed by atoms with Crippen molar-refractivity contribution in [3.63, 3.8) is 0 Å².